The van der Waals surface area contributed by atoms with Crippen molar-refractivity contribution in [3.63, 3.8) is 0 Å². The van der Waals surface area contributed by atoms with Gasteiger partial charge in [0.1, 0.15) is 11.5 Å². The lowest BCUT2D eigenvalue weighted by molar-refractivity contribution is -0.123. The molecule has 0 spiro atoms. The van der Waals surface area contributed by atoms with E-state index in [4.69, 9.17) is 21.1 Å². The lowest BCUT2D eigenvalue weighted by Gasteiger charge is -2.13. The van der Waals surface area contributed by atoms with Crippen molar-refractivity contribution < 1.29 is 14.3 Å². The molecule has 0 bridgehead atoms. The van der Waals surface area contributed by atoms with Crippen molar-refractivity contribution in [3.05, 3.63) is 95.6 Å². The fourth-order valence-electron chi connectivity index (χ4n) is 3.15. The summed E-state index contributed by atoms with van der Waals surface area (Å²) in [5.74, 6) is 0.862. The van der Waals surface area contributed by atoms with Gasteiger partial charge < -0.3 is 9.47 Å². The molecule has 0 aliphatic rings. The topological polar surface area (TPSA) is 77.7 Å². The summed E-state index contributed by atoms with van der Waals surface area (Å²) in [6.45, 7) is -0.214. The Labute approximate surface area is 196 Å². The quantitative estimate of drug-likeness (QED) is 0.304. The molecule has 0 atom stereocenters. The maximum atomic E-state index is 12.2. The molecule has 0 unspecified atom stereocenters. The van der Waals surface area contributed by atoms with E-state index in [0.717, 1.165) is 28.3 Å². The van der Waals surface area contributed by atoms with E-state index in [1.165, 1.54) is 0 Å². The first-order chi connectivity index (χ1) is 16.1. The highest BCUT2D eigenvalue weighted by atomic mass is 35.5. The van der Waals surface area contributed by atoms with Gasteiger partial charge in [0.05, 0.1) is 30.9 Å². The summed E-state index contributed by atoms with van der Waals surface area (Å²) in [6.07, 6.45) is 3.25. The van der Waals surface area contributed by atoms with Gasteiger partial charge in [0.15, 0.2) is 6.61 Å². The van der Waals surface area contributed by atoms with Crippen molar-refractivity contribution in [1.82, 2.24) is 15.2 Å². The predicted octanol–water partition coefficient (Wildman–Crippen LogP) is 4.73. The van der Waals surface area contributed by atoms with Crippen LogP contribution in [0.15, 0.2) is 90.2 Å². The standard InChI is InChI=1S/C25H21ClN4O3/c1-32-21-10-7-18(8-11-21)16-27-29-25(31)17-33-24-12-9-19(26)15-22(24)23-13-14-28-30(23)20-5-3-2-4-6-20/h2-16H,17H2,1H3,(H,29,31)/b27-16+. The van der Waals surface area contributed by atoms with Gasteiger partial charge in [-0.15, -0.1) is 0 Å². The van der Waals surface area contributed by atoms with E-state index < -0.39 is 5.91 Å². The molecule has 33 heavy (non-hydrogen) atoms. The number of para-hydroxylation sites is 1. The minimum absolute atomic E-state index is 0.214. The van der Waals surface area contributed by atoms with Crippen molar-refractivity contribution in [2.75, 3.05) is 13.7 Å². The second kappa shape index (κ2) is 10.5. The molecule has 1 heterocycles. The van der Waals surface area contributed by atoms with E-state index in [1.54, 1.807) is 42.4 Å². The average molecular weight is 461 g/mol. The first kappa shape index (κ1) is 22.1. The van der Waals surface area contributed by atoms with Crippen molar-refractivity contribution in [1.29, 1.82) is 0 Å². The fraction of sp³-hybridized carbons (Fsp3) is 0.0800. The summed E-state index contributed by atoms with van der Waals surface area (Å²) in [5, 5.41) is 8.94. The molecule has 166 valence electrons. The number of carbonyl (C=O) groups excluding carboxylic acids is 1. The van der Waals surface area contributed by atoms with Crippen molar-refractivity contribution in [2.45, 2.75) is 0 Å². The number of carbonyl (C=O) groups is 1. The Morgan fingerprint density at radius 2 is 1.88 bits per heavy atom. The second-order valence-electron chi connectivity index (χ2n) is 6.96. The molecule has 0 aliphatic carbocycles. The molecule has 0 radical (unpaired) electrons. The molecule has 0 saturated heterocycles. The van der Waals surface area contributed by atoms with Crippen molar-refractivity contribution in [3.8, 4) is 28.4 Å². The van der Waals surface area contributed by atoms with Gasteiger partial charge in [-0.1, -0.05) is 29.8 Å². The molecule has 1 N–H and O–H groups in total. The van der Waals surface area contributed by atoms with Gasteiger partial charge in [-0.25, -0.2) is 10.1 Å². The van der Waals surface area contributed by atoms with Crippen LogP contribution < -0.4 is 14.9 Å². The average Bonchev–Trinajstić information content (AvgIpc) is 3.34. The Hall–Kier alpha value is -4.10. The molecule has 4 rings (SSSR count). The van der Waals surface area contributed by atoms with Crippen molar-refractivity contribution >= 4 is 23.7 Å². The Balaban J connectivity index is 1.45. The summed E-state index contributed by atoms with van der Waals surface area (Å²) in [4.78, 5) is 12.2. The SMILES string of the molecule is COc1ccc(/C=N/NC(=O)COc2ccc(Cl)cc2-c2ccnn2-c2ccccc2)cc1. The van der Waals surface area contributed by atoms with Crippen LogP contribution in [0.3, 0.4) is 0 Å². The van der Waals surface area contributed by atoms with Crippen LogP contribution in [0, 0.1) is 0 Å². The van der Waals surface area contributed by atoms with E-state index in [1.807, 2.05) is 60.7 Å². The van der Waals surface area contributed by atoms with Crippen LogP contribution in [0.4, 0.5) is 0 Å². The van der Waals surface area contributed by atoms with Gasteiger partial charge in [0.2, 0.25) is 0 Å². The predicted molar refractivity (Wildman–Crippen MR) is 128 cm³/mol. The smallest absolute Gasteiger partial charge is 0.277 e. The van der Waals surface area contributed by atoms with Gasteiger partial charge in [0.25, 0.3) is 5.91 Å². The Kier molecular flexibility index (Phi) is 7.02. The number of hydrogen-bond donors (Lipinski definition) is 1. The minimum Gasteiger partial charge on any atom is -0.497 e. The molecule has 4 aromatic rings. The number of methoxy groups -OCH3 is 1. The summed E-state index contributed by atoms with van der Waals surface area (Å²) >= 11 is 6.25. The zero-order valence-electron chi connectivity index (χ0n) is 17.8. The van der Waals surface area contributed by atoms with Crippen LogP contribution in [0.2, 0.25) is 5.02 Å². The van der Waals surface area contributed by atoms with Gasteiger partial charge in [-0.05, 0) is 66.2 Å². The van der Waals surface area contributed by atoms with Crippen LogP contribution in [0.1, 0.15) is 5.56 Å². The molecular formula is C25H21ClN4O3. The number of benzene rings is 3. The Morgan fingerprint density at radius 3 is 2.64 bits per heavy atom. The first-order valence-corrected chi connectivity index (χ1v) is 10.5. The number of halogens is 1. The second-order valence-corrected chi connectivity index (χ2v) is 7.40. The third-order valence-corrected chi connectivity index (χ3v) is 4.97. The van der Waals surface area contributed by atoms with Gasteiger partial charge in [0, 0.05) is 10.6 Å². The Bertz CT molecular complexity index is 1250. The van der Waals surface area contributed by atoms with Crippen LogP contribution in [-0.4, -0.2) is 35.6 Å². The number of hydrogen-bond acceptors (Lipinski definition) is 5. The third-order valence-electron chi connectivity index (χ3n) is 4.74. The number of ether oxygens (including phenoxy) is 2. The maximum Gasteiger partial charge on any atom is 0.277 e. The molecule has 0 saturated carbocycles. The minimum atomic E-state index is -0.391. The van der Waals surface area contributed by atoms with E-state index >= 15 is 0 Å². The number of hydrazone groups is 1. The van der Waals surface area contributed by atoms with E-state index in [9.17, 15) is 4.79 Å². The highest BCUT2D eigenvalue weighted by molar-refractivity contribution is 6.31. The van der Waals surface area contributed by atoms with Crippen LogP contribution in [0.25, 0.3) is 16.9 Å². The molecule has 7 nitrogen and oxygen atoms in total. The normalized spacial score (nSPS) is 10.8. The molecule has 1 amide bonds. The zero-order valence-corrected chi connectivity index (χ0v) is 18.6. The lowest BCUT2D eigenvalue weighted by Crippen LogP contribution is -2.24. The maximum absolute atomic E-state index is 12.2. The molecule has 0 fully saturated rings. The highest BCUT2D eigenvalue weighted by Gasteiger charge is 2.14. The number of nitrogens with one attached hydrogen (secondary N) is 1. The van der Waals surface area contributed by atoms with Crippen LogP contribution >= 0.6 is 11.6 Å². The number of amides is 1. The van der Waals surface area contributed by atoms with Gasteiger partial charge in [-0.3, -0.25) is 4.79 Å². The molecule has 8 heteroatoms. The van der Waals surface area contributed by atoms with E-state index in [0.29, 0.717) is 10.8 Å². The van der Waals surface area contributed by atoms with Gasteiger partial charge in [-0.2, -0.15) is 10.2 Å². The monoisotopic (exact) mass is 460 g/mol. The molecular weight excluding hydrogens is 440 g/mol. The third kappa shape index (κ3) is 5.58. The van der Waals surface area contributed by atoms with Crippen LogP contribution in [0.5, 0.6) is 11.5 Å². The molecule has 1 aromatic heterocycles. The van der Waals surface area contributed by atoms with Crippen LogP contribution in [-0.2, 0) is 4.79 Å². The molecule has 3 aromatic carbocycles. The number of rotatable bonds is 8. The lowest BCUT2D eigenvalue weighted by atomic mass is 10.1. The van der Waals surface area contributed by atoms with Crippen molar-refractivity contribution in [2.24, 2.45) is 5.10 Å². The van der Waals surface area contributed by atoms with E-state index in [-0.39, 0.29) is 6.61 Å². The zero-order chi connectivity index (χ0) is 23.0. The van der Waals surface area contributed by atoms with E-state index in [2.05, 4.69) is 15.6 Å². The largest absolute Gasteiger partial charge is 0.497 e. The van der Waals surface area contributed by atoms with Gasteiger partial charge >= 0.3 is 0 Å². The summed E-state index contributed by atoms with van der Waals surface area (Å²) in [7, 11) is 1.60. The summed E-state index contributed by atoms with van der Waals surface area (Å²) < 4.78 is 12.7. The molecule has 0 aliphatic heterocycles. The first-order valence-electron chi connectivity index (χ1n) is 10.1. The fourth-order valence-corrected chi connectivity index (χ4v) is 3.33. The summed E-state index contributed by atoms with van der Waals surface area (Å²) in [5.41, 5.74) is 5.70. The number of nitrogens with zero attached hydrogens (tertiary/aromatic N) is 3. The summed E-state index contributed by atoms with van der Waals surface area (Å²) in [6, 6.07) is 24.1. The highest BCUT2D eigenvalue weighted by Crippen LogP contribution is 2.33. The Morgan fingerprint density at radius 1 is 1.09 bits per heavy atom. The number of aromatic nitrogens is 2.